The fourth-order valence-corrected chi connectivity index (χ4v) is 4.45. The number of benzene rings is 2. The highest BCUT2D eigenvalue weighted by Crippen LogP contribution is 2.28. The Morgan fingerprint density at radius 1 is 1.14 bits per heavy atom. The number of rotatable bonds is 6. The number of hydrogen-bond donors (Lipinski definition) is 2. The highest BCUT2D eigenvalue weighted by atomic mass is 32.2. The molecular formula is C20H17N5O2S2. The number of anilines is 1. The minimum Gasteiger partial charge on any atom is -0.312 e. The molecule has 2 aromatic heterocycles. The average molecular weight is 424 g/mol. The van der Waals surface area contributed by atoms with Gasteiger partial charge in [-0.25, -0.2) is 4.79 Å². The van der Waals surface area contributed by atoms with Crippen molar-refractivity contribution in [1.29, 1.82) is 0 Å². The first-order valence-electron chi connectivity index (χ1n) is 8.79. The van der Waals surface area contributed by atoms with Crippen LogP contribution >= 0.6 is 23.1 Å². The maximum absolute atomic E-state index is 12.5. The highest BCUT2D eigenvalue weighted by Gasteiger charge is 2.12. The van der Waals surface area contributed by atoms with Crippen LogP contribution in [0.2, 0.25) is 0 Å². The van der Waals surface area contributed by atoms with Crippen LogP contribution in [0.5, 0.6) is 0 Å². The molecular weight excluding hydrogens is 406 g/mol. The Labute approximate surface area is 174 Å². The van der Waals surface area contributed by atoms with Gasteiger partial charge in [0.2, 0.25) is 5.13 Å². The first kappa shape index (κ1) is 19.2. The molecule has 2 aromatic carbocycles. The largest absolute Gasteiger partial charge is 0.330 e. The molecule has 0 fully saturated rings. The summed E-state index contributed by atoms with van der Waals surface area (Å²) in [6.45, 7) is 1.83. The minimum absolute atomic E-state index is 0.214. The van der Waals surface area contributed by atoms with E-state index < -0.39 is 0 Å². The van der Waals surface area contributed by atoms with Crippen LogP contribution in [-0.4, -0.2) is 25.7 Å². The lowest BCUT2D eigenvalue weighted by molar-refractivity contribution is 0.102. The van der Waals surface area contributed by atoms with Crippen LogP contribution in [0.4, 0.5) is 5.13 Å². The van der Waals surface area contributed by atoms with Gasteiger partial charge in [0.15, 0.2) is 4.34 Å². The molecule has 0 saturated carbocycles. The lowest BCUT2D eigenvalue weighted by atomic mass is 10.2. The molecule has 4 rings (SSSR count). The van der Waals surface area contributed by atoms with E-state index >= 15 is 0 Å². The van der Waals surface area contributed by atoms with E-state index in [1.807, 2.05) is 25.1 Å². The van der Waals surface area contributed by atoms with Crippen LogP contribution in [0.3, 0.4) is 0 Å². The monoisotopic (exact) mass is 423 g/mol. The second kappa shape index (κ2) is 8.46. The van der Waals surface area contributed by atoms with Gasteiger partial charge in [0.05, 0.1) is 5.69 Å². The van der Waals surface area contributed by atoms with Crippen molar-refractivity contribution in [2.75, 3.05) is 5.32 Å². The van der Waals surface area contributed by atoms with Gasteiger partial charge in [-0.3, -0.25) is 14.7 Å². The minimum atomic E-state index is -0.273. The molecule has 0 atom stereocenters. The van der Waals surface area contributed by atoms with Crippen molar-refractivity contribution in [3.8, 4) is 5.69 Å². The molecule has 0 bridgehead atoms. The first-order valence-corrected chi connectivity index (χ1v) is 10.6. The first-order chi connectivity index (χ1) is 14.1. The van der Waals surface area contributed by atoms with E-state index in [1.54, 1.807) is 46.8 Å². The molecule has 0 spiro atoms. The number of amides is 1. The van der Waals surface area contributed by atoms with Crippen LogP contribution in [0.15, 0.2) is 69.9 Å². The van der Waals surface area contributed by atoms with Gasteiger partial charge in [-0.15, -0.1) is 10.2 Å². The maximum atomic E-state index is 12.5. The molecule has 0 radical (unpaired) electrons. The molecule has 0 aliphatic rings. The van der Waals surface area contributed by atoms with E-state index in [0.717, 1.165) is 15.8 Å². The number of aryl methyl sites for hydroxylation is 1. The molecule has 2 heterocycles. The number of H-pyrrole nitrogens is 1. The Kier molecular flexibility index (Phi) is 5.59. The van der Waals surface area contributed by atoms with Crippen molar-refractivity contribution < 1.29 is 4.79 Å². The van der Waals surface area contributed by atoms with Crippen LogP contribution in [-0.2, 0) is 5.75 Å². The second-order valence-corrected chi connectivity index (χ2v) is 8.42. The summed E-state index contributed by atoms with van der Waals surface area (Å²) in [4.78, 5) is 27.0. The Bertz CT molecular complexity index is 1180. The Balaban J connectivity index is 1.39. The van der Waals surface area contributed by atoms with Gasteiger partial charge in [-0.1, -0.05) is 53.4 Å². The molecule has 146 valence electrons. The Morgan fingerprint density at radius 2 is 1.90 bits per heavy atom. The van der Waals surface area contributed by atoms with Crippen molar-refractivity contribution in [1.82, 2.24) is 19.7 Å². The molecule has 0 aliphatic heterocycles. The van der Waals surface area contributed by atoms with E-state index in [-0.39, 0.29) is 11.6 Å². The van der Waals surface area contributed by atoms with Crippen LogP contribution in [0, 0.1) is 6.92 Å². The molecule has 0 saturated heterocycles. The number of nitrogens with zero attached hydrogens (tertiary/aromatic N) is 3. The third kappa shape index (κ3) is 4.47. The maximum Gasteiger partial charge on any atom is 0.330 e. The number of aromatic nitrogens is 4. The van der Waals surface area contributed by atoms with Gasteiger partial charge in [0.1, 0.15) is 0 Å². The number of nitrogens with one attached hydrogen (secondary N) is 2. The van der Waals surface area contributed by atoms with Gasteiger partial charge in [-0.2, -0.15) is 0 Å². The zero-order chi connectivity index (χ0) is 20.2. The third-order valence-electron chi connectivity index (χ3n) is 4.18. The van der Waals surface area contributed by atoms with Gasteiger partial charge in [-0.05, 0) is 36.8 Å². The van der Waals surface area contributed by atoms with E-state index in [9.17, 15) is 9.59 Å². The highest BCUT2D eigenvalue weighted by molar-refractivity contribution is 8.00. The fraction of sp³-hybridized carbons (Fsp3) is 0.100. The smallest absolute Gasteiger partial charge is 0.312 e. The van der Waals surface area contributed by atoms with Crippen LogP contribution in [0.1, 0.15) is 21.6 Å². The Hall–Kier alpha value is -3.17. The van der Waals surface area contributed by atoms with Gasteiger partial charge in [0, 0.05) is 23.2 Å². The van der Waals surface area contributed by atoms with Crippen molar-refractivity contribution >= 4 is 34.1 Å². The number of imidazole rings is 1. The van der Waals surface area contributed by atoms with E-state index in [0.29, 0.717) is 16.4 Å². The quantitative estimate of drug-likeness (QED) is 0.363. The van der Waals surface area contributed by atoms with E-state index in [2.05, 4.69) is 32.6 Å². The van der Waals surface area contributed by atoms with Crippen molar-refractivity contribution in [2.45, 2.75) is 17.0 Å². The summed E-state index contributed by atoms with van der Waals surface area (Å²) in [6.07, 6.45) is 1.64. The van der Waals surface area contributed by atoms with E-state index in [1.165, 1.54) is 16.9 Å². The lowest BCUT2D eigenvalue weighted by Gasteiger charge is -2.06. The summed E-state index contributed by atoms with van der Waals surface area (Å²) >= 11 is 2.92. The molecule has 29 heavy (non-hydrogen) atoms. The average Bonchev–Trinajstić information content (AvgIpc) is 3.33. The van der Waals surface area contributed by atoms with Crippen molar-refractivity contribution in [3.63, 3.8) is 0 Å². The fourth-order valence-electron chi connectivity index (χ4n) is 2.75. The molecule has 4 aromatic rings. The topological polar surface area (TPSA) is 92.7 Å². The predicted molar refractivity (Wildman–Crippen MR) is 115 cm³/mol. The number of aromatic amines is 1. The molecule has 2 N–H and O–H groups in total. The summed E-state index contributed by atoms with van der Waals surface area (Å²) in [6, 6.07) is 16.9. The summed E-state index contributed by atoms with van der Waals surface area (Å²) < 4.78 is 2.34. The number of carbonyl (C=O) groups excluding carboxylic acids is 1. The van der Waals surface area contributed by atoms with Crippen LogP contribution in [0.25, 0.3) is 5.69 Å². The molecule has 9 heteroatoms. The van der Waals surface area contributed by atoms with Crippen molar-refractivity contribution in [2.24, 2.45) is 0 Å². The normalized spacial score (nSPS) is 10.8. The summed E-state index contributed by atoms with van der Waals surface area (Å²) in [5, 5.41) is 11.4. The summed E-state index contributed by atoms with van der Waals surface area (Å²) in [7, 11) is 0. The zero-order valence-electron chi connectivity index (χ0n) is 15.5. The summed E-state index contributed by atoms with van der Waals surface area (Å²) in [5.74, 6) is 0.522. The van der Waals surface area contributed by atoms with Gasteiger partial charge >= 0.3 is 5.69 Å². The molecule has 0 unspecified atom stereocenters. The molecule has 1 amide bonds. The summed E-state index contributed by atoms with van der Waals surface area (Å²) in [5.41, 5.74) is 2.95. The number of carbonyl (C=O) groups is 1. The SMILES string of the molecule is Cc1c[nH]c(=O)n1-c1ccc(C(=O)Nc2nnc(SCc3ccccc3)s2)cc1. The number of hydrogen-bond acceptors (Lipinski definition) is 6. The molecule has 7 nitrogen and oxygen atoms in total. The predicted octanol–water partition coefficient (Wildman–Crippen LogP) is 3.87. The lowest BCUT2D eigenvalue weighted by Crippen LogP contribution is -2.16. The Morgan fingerprint density at radius 3 is 2.59 bits per heavy atom. The van der Waals surface area contributed by atoms with Crippen molar-refractivity contribution in [3.05, 3.63) is 88.1 Å². The van der Waals surface area contributed by atoms with Gasteiger partial charge < -0.3 is 4.98 Å². The van der Waals surface area contributed by atoms with E-state index in [4.69, 9.17) is 0 Å². The van der Waals surface area contributed by atoms with Crippen LogP contribution < -0.4 is 11.0 Å². The molecule has 0 aliphatic carbocycles. The second-order valence-electron chi connectivity index (χ2n) is 6.22. The van der Waals surface area contributed by atoms with Gasteiger partial charge in [0.25, 0.3) is 5.91 Å². The zero-order valence-corrected chi connectivity index (χ0v) is 17.1. The third-order valence-corrected chi connectivity index (χ3v) is 6.22. The standard InChI is InChI=1S/C20H17N5O2S2/c1-13-11-21-19(27)25(13)16-9-7-15(8-10-16)17(26)22-18-23-24-20(29-18)28-12-14-5-3-2-4-6-14/h2-11H,12H2,1H3,(H,21,27)(H,22,23,26). The number of thioether (sulfide) groups is 1.